The van der Waals surface area contributed by atoms with Crippen molar-refractivity contribution in [3.05, 3.63) is 340 Å². The Balaban J connectivity index is 0.000000119. The number of imide groups is 2. The van der Waals surface area contributed by atoms with Crippen LogP contribution in [0.4, 0.5) is 50.4 Å². The molecule has 5 aromatic heterocycles. The fourth-order valence-electron chi connectivity index (χ4n) is 18.7. The molecule has 12 aromatic carbocycles. The fourth-order valence-corrected chi connectivity index (χ4v) is 19.1. The van der Waals surface area contributed by atoms with Crippen molar-refractivity contribution in [3.8, 4) is 74.3 Å². The number of aromatic hydroxyl groups is 5. The number of hydrogen-bond acceptors (Lipinski definition) is 26. The first-order valence-corrected chi connectivity index (χ1v) is 46.3. The van der Waals surface area contributed by atoms with E-state index in [0.717, 1.165) is 83.8 Å². The van der Waals surface area contributed by atoms with Crippen LogP contribution in [0.3, 0.4) is 0 Å². The van der Waals surface area contributed by atoms with Crippen LogP contribution in [0.1, 0.15) is 93.2 Å². The summed E-state index contributed by atoms with van der Waals surface area (Å²) in [6, 6.07) is 69.8. The molecule has 5 aliphatic rings. The highest BCUT2D eigenvalue weighted by atomic mass is 32.2. The van der Waals surface area contributed by atoms with E-state index in [2.05, 4.69) is 25.9 Å². The highest BCUT2D eigenvalue weighted by Crippen LogP contribution is 2.49. The molecule has 17 aromatic rings. The zero-order chi connectivity index (χ0) is 101. The molecule has 144 heavy (non-hydrogen) atoms. The summed E-state index contributed by atoms with van der Waals surface area (Å²) in [6.45, 7) is 6.45. The molecule has 32 nitrogen and oxygen atoms in total. The highest BCUT2D eigenvalue weighted by molar-refractivity contribution is 7.98. The van der Waals surface area contributed by atoms with Crippen molar-refractivity contribution in [1.82, 2.24) is 32.6 Å². The van der Waals surface area contributed by atoms with E-state index >= 15 is 0 Å². The monoisotopic (exact) mass is 1970 g/mol. The Kier molecular flexibility index (Phi) is 28.0. The van der Waals surface area contributed by atoms with Crippen LogP contribution in [-0.4, -0.2) is 134 Å². The van der Waals surface area contributed by atoms with Gasteiger partial charge in [-0.05, 0) is 225 Å². The van der Waals surface area contributed by atoms with E-state index in [1.165, 1.54) is 28.0 Å². The zero-order valence-electron chi connectivity index (χ0n) is 76.8. The Bertz CT molecular complexity index is 7910. The Morgan fingerprint density at radius 2 is 0.750 bits per heavy atom. The van der Waals surface area contributed by atoms with E-state index in [1.807, 2.05) is 154 Å². The first-order chi connectivity index (χ1) is 69.7. The van der Waals surface area contributed by atoms with Crippen molar-refractivity contribution < 1.29 is 95.1 Å². The number of carbonyl (C=O) groups excluding carboxylic acids is 4. The van der Waals surface area contributed by atoms with Gasteiger partial charge in [0.15, 0.2) is 48.3 Å². The minimum absolute atomic E-state index is 0.00739. The molecule has 0 spiro atoms. The zero-order valence-corrected chi connectivity index (χ0v) is 77.6. The molecular formula is C106H85F5N12O20S. The van der Waals surface area contributed by atoms with Gasteiger partial charge in [-0.2, -0.15) is 13.2 Å². The van der Waals surface area contributed by atoms with E-state index in [-0.39, 0.29) is 139 Å². The minimum atomic E-state index is -4.62. The van der Waals surface area contributed by atoms with Gasteiger partial charge in [-0.3, -0.25) is 29.0 Å². The number of alkyl halides is 3. The molecule has 4 amide bonds. The third-order valence-electron chi connectivity index (χ3n) is 25.4. The predicted octanol–water partition coefficient (Wildman–Crippen LogP) is 23.9. The molecule has 1 fully saturated rings. The van der Waals surface area contributed by atoms with Crippen LogP contribution in [0.15, 0.2) is 273 Å². The van der Waals surface area contributed by atoms with Crippen LogP contribution in [0, 0.1) is 50.0 Å². The van der Waals surface area contributed by atoms with Crippen LogP contribution in [0.2, 0.25) is 0 Å². The van der Waals surface area contributed by atoms with Crippen molar-refractivity contribution in [3.63, 3.8) is 0 Å². The summed E-state index contributed by atoms with van der Waals surface area (Å²) < 4.78 is 107. The summed E-state index contributed by atoms with van der Waals surface area (Å²) in [5.74, 6) is -2.85. The number of fused-ring (bicyclic) bond motifs is 9. The van der Waals surface area contributed by atoms with Crippen molar-refractivity contribution in [2.75, 3.05) is 46.1 Å². The van der Waals surface area contributed by atoms with Gasteiger partial charge < -0.3 is 76.8 Å². The molecule has 5 N–H and O–H groups in total. The van der Waals surface area contributed by atoms with Gasteiger partial charge in [0.1, 0.15) is 23.1 Å². The van der Waals surface area contributed by atoms with Crippen LogP contribution < -0.4 is 9.47 Å². The van der Waals surface area contributed by atoms with Crippen molar-refractivity contribution in [1.29, 1.82) is 0 Å². The van der Waals surface area contributed by atoms with Crippen molar-refractivity contribution in [2.45, 2.75) is 90.0 Å². The van der Waals surface area contributed by atoms with E-state index in [1.54, 1.807) is 96.8 Å². The number of halogens is 5. The molecule has 5 aliphatic heterocycles. The van der Waals surface area contributed by atoms with Gasteiger partial charge in [0.2, 0.25) is 29.4 Å². The molecule has 0 aliphatic carbocycles. The van der Waals surface area contributed by atoms with E-state index in [9.17, 15) is 91.2 Å². The molecular weight excluding hydrogens is 1890 g/mol. The lowest BCUT2D eigenvalue weighted by molar-refractivity contribution is -0.137. The summed E-state index contributed by atoms with van der Waals surface area (Å²) in [5, 5.41) is 69.8. The number of carbonyl (C=O) groups is 4. The number of aromatic nitrogens is 5. The second-order valence-electron chi connectivity index (χ2n) is 34.1. The lowest BCUT2D eigenvalue weighted by atomic mass is 10.0. The van der Waals surface area contributed by atoms with Crippen LogP contribution in [-0.2, 0) is 71.1 Å². The van der Waals surface area contributed by atoms with Crippen LogP contribution in [0.5, 0.6) is 40.9 Å². The van der Waals surface area contributed by atoms with Gasteiger partial charge in [-0.15, -0.1) is 36.3 Å². The fraction of sp³-hybridized carbons (Fsp3) is 0.189. The SMILES string of the molecule is CSc1ccc(-c2ccc3c(N=O)c(O)n(CCCN4C(=O)c5ccccc5C4=O)c3c2)cc1.Cc1cc(C)c2c(N=O)c(O)n(Cc3cc(F)cc4c3OCOC4)c2c1.O=Nc1c(O)n(CC2OCCO2)c2cc(-c3ccccc3)ccc12.O=Nc1c(O)n(CCCN2C(=O)c3ccccc3C2=O)c2cc(-c3ccccc3)ccc12.O=Nc1c(O)n(Cc2cc(F)cc3c2OCOC3)c2cc(C(F)(F)F)ccc12. The summed E-state index contributed by atoms with van der Waals surface area (Å²) in [4.78, 5) is 110. The average molecular weight is 1970 g/mol. The lowest BCUT2D eigenvalue weighted by Crippen LogP contribution is -2.31. The molecule has 38 heteroatoms. The molecule has 0 bridgehead atoms. The molecule has 0 radical (unpaired) electrons. The maximum absolute atomic E-state index is 14.0. The number of rotatable bonds is 23. The topological polar surface area (TPSA) is 403 Å². The predicted molar refractivity (Wildman–Crippen MR) is 528 cm³/mol. The van der Waals surface area contributed by atoms with Gasteiger partial charge in [0, 0.05) is 80.3 Å². The Morgan fingerprint density at radius 1 is 0.389 bits per heavy atom. The maximum atomic E-state index is 14.0. The van der Waals surface area contributed by atoms with Crippen LogP contribution in [0.25, 0.3) is 87.9 Å². The molecule has 1 saturated heterocycles. The van der Waals surface area contributed by atoms with Gasteiger partial charge in [0.25, 0.3) is 23.6 Å². The Morgan fingerprint density at radius 3 is 1.16 bits per heavy atom. The highest BCUT2D eigenvalue weighted by Gasteiger charge is 2.38. The van der Waals surface area contributed by atoms with Gasteiger partial charge in [-0.25, -0.2) is 8.78 Å². The number of ether oxygens (including phenoxy) is 6. The van der Waals surface area contributed by atoms with Crippen LogP contribution >= 0.6 is 11.8 Å². The average Bonchev–Trinajstić information content (AvgIpc) is 1.59. The normalized spacial score (nSPS) is 13.7. The Labute approximate surface area is 818 Å². The summed E-state index contributed by atoms with van der Waals surface area (Å²) >= 11 is 1.67. The lowest BCUT2D eigenvalue weighted by Gasteiger charge is -2.21. The third-order valence-corrected chi connectivity index (χ3v) is 26.1. The number of aryl methyl sites for hydroxylation is 4. The quantitative estimate of drug-likeness (QED) is 0.0172. The van der Waals surface area contributed by atoms with E-state index < -0.39 is 41.2 Å². The standard InChI is InChI=1S/C26H21N3O4S.C25H19N3O4.C19H17FN2O4.C18H12F4N2O4.C18H16N2O4/c1-34-18-10-7-16(8-11-18)17-9-12-21-22(15-17)28(26(32)23(21)27-33)13-4-14-29-24(30)19-5-2-3-6-20(19)25(29)31;29-23-18-9-4-5-10-19(18)24(30)28(23)14-6-13-27-21-15-17(16-7-2-1-3-8-16)11-12-20(21)22(26-32)25(27)31;1-10-3-11(2)16-15(4-10)22(19(23)17(16)21-24)7-12-5-14(20)6-13-8-25-9-26-18(12)13;19-12-3-9(16-10(4-12)7-27-8-28-16)6-24-14-5-11(18(20,21)22)1-2-13(14)15(23-26)17(24)25;21-18-17(19-22)14-7-6-13(12-4-2-1-3-5-12)10-15(14)20(18)11-16-23-8-9-24-16/h2-3,5-12,15,32H,4,13-14H2,1H3;1-5,7-12,15,31H,6,13-14H2;3-6,23H,7-9H2,1-2H3;1-5,25H,6-8H2;1-7,10,16,21H,8-9,11H2. The molecule has 730 valence electrons. The molecule has 0 atom stereocenters. The number of amides is 4. The van der Waals surface area contributed by atoms with Crippen molar-refractivity contribution >= 4 is 118 Å². The second kappa shape index (κ2) is 41.5. The Hall–Kier alpha value is -16.9. The largest absolute Gasteiger partial charge is 0.493 e. The molecule has 0 unspecified atom stereocenters. The minimum Gasteiger partial charge on any atom is -0.493 e. The second-order valence-corrected chi connectivity index (χ2v) is 35.0. The van der Waals surface area contributed by atoms with Gasteiger partial charge in [-0.1, -0.05) is 121 Å². The first-order valence-electron chi connectivity index (χ1n) is 45.1. The third kappa shape index (κ3) is 19.0. The molecule has 22 rings (SSSR count). The molecule has 10 heterocycles. The summed E-state index contributed by atoms with van der Waals surface area (Å²) in [5.41, 5.74) is 12.6. The first kappa shape index (κ1) is 97.3. The van der Waals surface area contributed by atoms with E-state index in [0.29, 0.717) is 134 Å². The van der Waals surface area contributed by atoms with Gasteiger partial charge in [0.05, 0.1) is 101 Å². The number of nitroso groups, excluding NO2 is 5. The number of hydrogen-bond donors (Lipinski definition) is 5. The summed E-state index contributed by atoms with van der Waals surface area (Å²) in [6.07, 6.45) is -2.21. The number of thioether (sulfide) groups is 1. The molecule has 0 saturated carbocycles. The maximum Gasteiger partial charge on any atom is 0.416 e. The number of benzene rings is 12. The van der Waals surface area contributed by atoms with E-state index in [4.69, 9.17) is 28.4 Å². The summed E-state index contributed by atoms with van der Waals surface area (Å²) in [7, 11) is 0. The van der Waals surface area contributed by atoms with Gasteiger partial charge >= 0.3 is 6.18 Å². The van der Waals surface area contributed by atoms with Crippen molar-refractivity contribution in [2.24, 2.45) is 25.9 Å². The number of nitrogens with zero attached hydrogens (tertiary/aromatic N) is 12. The smallest absolute Gasteiger partial charge is 0.416 e.